The molecular weight excluding hydrogens is 286 g/mol. The van der Waals surface area contributed by atoms with E-state index in [2.05, 4.69) is 17.2 Å². The van der Waals surface area contributed by atoms with Crippen LogP contribution in [0.15, 0.2) is 22.6 Å². The molecule has 1 aliphatic rings. The highest BCUT2D eigenvalue weighted by Crippen LogP contribution is 2.23. The van der Waals surface area contributed by atoms with Gasteiger partial charge in [-0.05, 0) is 30.2 Å². The zero-order valence-corrected chi connectivity index (χ0v) is 12.9. The molecule has 2 atom stereocenters. The maximum atomic E-state index is 12.2. The molecule has 0 radical (unpaired) electrons. The maximum Gasteiger partial charge on any atom is 0.262 e. The molecule has 0 unspecified atom stereocenters. The first-order valence-electron chi connectivity index (χ1n) is 7.37. The highest BCUT2D eigenvalue weighted by molar-refractivity contribution is 7.16. The first kappa shape index (κ1) is 14.3. The molecule has 2 aromatic heterocycles. The topological polar surface area (TPSA) is 64.0 Å². The van der Waals surface area contributed by atoms with Crippen molar-refractivity contribution in [2.45, 2.75) is 45.2 Å². The van der Waals surface area contributed by atoms with E-state index in [1.54, 1.807) is 6.07 Å². The van der Waals surface area contributed by atoms with Crippen molar-refractivity contribution in [2.24, 2.45) is 5.92 Å². The van der Waals surface area contributed by atoms with Crippen LogP contribution in [0.1, 0.15) is 32.6 Å². The molecule has 1 fully saturated rings. The van der Waals surface area contributed by atoms with Gasteiger partial charge in [0.1, 0.15) is 11.4 Å². The van der Waals surface area contributed by atoms with Crippen molar-refractivity contribution in [1.82, 2.24) is 14.9 Å². The summed E-state index contributed by atoms with van der Waals surface area (Å²) in [6, 6.07) is 1.99. The van der Waals surface area contributed by atoms with Crippen molar-refractivity contribution in [1.29, 1.82) is 0 Å². The lowest BCUT2D eigenvalue weighted by Gasteiger charge is -2.29. The van der Waals surface area contributed by atoms with Crippen molar-refractivity contribution in [3.63, 3.8) is 0 Å². The number of carbonyl (C=O) groups is 1. The van der Waals surface area contributed by atoms with Gasteiger partial charge in [-0.25, -0.2) is 4.98 Å². The number of rotatable bonds is 3. The Bertz CT molecular complexity index is 706. The van der Waals surface area contributed by atoms with Crippen molar-refractivity contribution < 1.29 is 4.79 Å². The third-order valence-electron chi connectivity index (χ3n) is 4.22. The van der Waals surface area contributed by atoms with Crippen LogP contribution >= 0.6 is 11.3 Å². The van der Waals surface area contributed by atoms with E-state index in [9.17, 15) is 9.59 Å². The summed E-state index contributed by atoms with van der Waals surface area (Å²) in [6.45, 7) is 2.22. The second kappa shape index (κ2) is 5.97. The standard InChI is InChI=1S/C15H19N3O2S/c1-10-4-2-3-5-12(10)17-13(19)8-18-9-16-14-11(15(18)20)6-7-21-14/h6-7,9-10,12H,2-5,8H2,1H3,(H,17,19)/t10-,12+/m1/s1. The van der Waals surface area contributed by atoms with Crippen LogP contribution in [0.5, 0.6) is 0 Å². The van der Waals surface area contributed by atoms with Crippen LogP contribution in [0.4, 0.5) is 0 Å². The summed E-state index contributed by atoms with van der Waals surface area (Å²) in [5.74, 6) is 0.407. The van der Waals surface area contributed by atoms with Crippen molar-refractivity contribution in [3.05, 3.63) is 28.1 Å². The summed E-state index contributed by atoms with van der Waals surface area (Å²) in [4.78, 5) is 29.3. The third kappa shape index (κ3) is 3.00. The Kier molecular flexibility index (Phi) is 4.05. The number of hydrogen-bond donors (Lipinski definition) is 1. The summed E-state index contributed by atoms with van der Waals surface area (Å²) >= 11 is 1.43. The lowest BCUT2D eigenvalue weighted by molar-refractivity contribution is -0.123. The minimum Gasteiger partial charge on any atom is -0.352 e. The maximum absolute atomic E-state index is 12.2. The lowest BCUT2D eigenvalue weighted by Crippen LogP contribution is -2.43. The van der Waals surface area contributed by atoms with Crippen LogP contribution in [-0.2, 0) is 11.3 Å². The fraction of sp³-hybridized carbons (Fsp3) is 0.533. The van der Waals surface area contributed by atoms with Gasteiger partial charge in [-0.3, -0.25) is 14.2 Å². The van der Waals surface area contributed by atoms with E-state index in [0.29, 0.717) is 11.3 Å². The van der Waals surface area contributed by atoms with E-state index < -0.39 is 0 Å². The van der Waals surface area contributed by atoms with Gasteiger partial charge in [-0.2, -0.15) is 0 Å². The highest BCUT2D eigenvalue weighted by atomic mass is 32.1. The monoisotopic (exact) mass is 305 g/mol. The quantitative estimate of drug-likeness (QED) is 0.945. The van der Waals surface area contributed by atoms with Gasteiger partial charge in [0, 0.05) is 6.04 Å². The first-order valence-corrected chi connectivity index (χ1v) is 8.25. The summed E-state index contributed by atoms with van der Waals surface area (Å²) in [6.07, 6.45) is 6.06. The minimum absolute atomic E-state index is 0.0425. The van der Waals surface area contributed by atoms with Crippen LogP contribution in [-0.4, -0.2) is 21.5 Å². The Morgan fingerprint density at radius 2 is 2.29 bits per heavy atom. The average molecular weight is 305 g/mol. The summed E-state index contributed by atoms with van der Waals surface area (Å²) in [5.41, 5.74) is -0.145. The van der Waals surface area contributed by atoms with Gasteiger partial charge in [-0.15, -0.1) is 11.3 Å². The molecule has 112 valence electrons. The molecular formula is C15H19N3O2S. The Labute approximate surface area is 127 Å². The SMILES string of the molecule is C[C@@H]1CCCC[C@@H]1NC(=O)Cn1cnc2sccc2c1=O. The second-order valence-corrected chi connectivity index (χ2v) is 6.65. The smallest absolute Gasteiger partial charge is 0.262 e. The van der Waals surface area contributed by atoms with Gasteiger partial charge in [0.2, 0.25) is 5.91 Å². The molecule has 0 saturated heterocycles. The number of thiophene rings is 1. The third-order valence-corrected chi connectivity index (χ3v) is 5.04. The molecule has 1 aliphatic carbocycles. The van der Waals surface area contributed by atoms with Crippen LogP contribution in [0, 0.1) is 5.92 Å². The van der Waals surface area contributed by atoms with Crippen molar-refractivity contribution in [2.75, 3.05) is 0 Å². The molecule has 2 heterocycles. The fourth-order valence-corrected chi connectivity index (χ4v) is 3.67. The zero-order chi connectivity index (χ0) is 14.8. The van der Waals surface area contributed by atoms with Gasteiger partial charge in [0.05, 0.1) is 11.7 Å². The molecule has 21 heavy (non-hydrogen) atoms. The molecule has 3 rings (SSSR count). The molecule has 0 aliphatic heterocycles. The average Bonchev–Trinajstić information content (AvgIpc) is 2.94. The molecule has 0 aromatic carbocycles. The van der Waals surface area contributed by atoms with Crippen molar-refractivity contribution in [3.8, 4) is 0 Å². The Balaban J connectivity index is 1.71. The fourth-order valence-electron chi connectivity index (χ4n) is 2.94. The zero-order valence-electron chi connectivity index (χ0n) is 12.0. The minimum atomic E-state index is -0.145. The lowest BCUT2D eigenvalue weighted by atomic mass is 9.86. The number of hydrogen-bond acceptors (Lipinski definition) is 4. The van der Waals surface area contributed by atoms with E-state index in [1.807, 2.05) is 5.38 Å². The summed E-state index contributed by atoms with van der Waals surface area (Å²) < 4.78 is 1.39. The second-order valence-electron chi connectivity index (χ2n) is 5.75. The highest BCUT2D eigenvalue weighted by Gasteiger charge is 2.22. The number of carbonyl (C=O) groups excluding carboxylic acids is 1. The number of amides is 1. The number of fused-ring (bicyclic) bond motifs is 1. The largest absolute Gasteiger partial charge is 0.352 e. The normalized spacial score (nSPS) is 22.3. The Hall–Kier alpha value is -1.69. The van der Waals surface area contributed by atoms with Crippen LogP contribution in [0.3, 0.4) is 0 Å². The molecule has 1 saturated carbocycles. The van der Waals surface area contributed by atoms with Gasteiger partial charge >= 0.3 is 0 Å². The van der Waals surface area contributed by atoms with Crippen LogP contribution in [0.2, 0.25) is 0 Å². The van der Waals surface area contributed by atoms with E-state index >= 15 is 0 Å². The van der Waals surface area contributed by atoms with E-state index in [1.165, 1.54) is 28.7 Å². The Morgan fingerprint density at radius 1 is 1.48 bits per heavy atom. The van der Waals surface area contributed by atoms with Crippen LogP contribution < -0.4 is 10.9 Å². The summed E-state index contributed by atoms with van der Waals surface area (Å²) in [7, 11) is 0. The molecule has 1 amide bonds. The Morgan fingerprint density at radius 3 is 3.10 bits per heavy atom. The molecule has 6 heteroatoms. The predicted octanol–water partition coefficient (Wildman–Crippen LogP) is 2.15. The molecule has 2 aromatic rings. The van der Waals surface area contributed by atoms with E-state index in [4.69, 9.17) is 0 Å². The van der Waals surface area contributed by atoms with Crippen molar-refractivity contribution >= 4 is 27.5 Å². The number of nitrogens with one attached hydrogen (secondary N) is 1. The van der Waals surface area contributed by atoms with Crippen LogP contribution in [0.25, 0.3) is 10.2 Å². The van der Waals surface area contributed by atoms with Gasteiger partial charge in [0.15, 0.2) is 0 Å². The van der Waals surface area contributed by atoms with E-state index in [-0.39, 0.29) is 24.1 Å². The van der Waals surface area contributed by atoms with Gasteiger partial charge in [-0.1, -0.05) is 19.8 Å². The number of aromatic nitrogens is 2. The molecule has 0 bridgehead atoms. The molecule has 1 N–H and O–H groups in total. The van der Waals surface area contributed by atoms with Gasteiger partial charge in [0.25, 0.3) is 5.56 Å². The van der Waals surface area contributed by atoms with E-state index in [0.717, 1.165) is 24.1 Å². The molecule has 0 spiro atoms. The summed E-state index contributed by atoms with van der Waals surface area (Å²) in [5, 5.41) is 5.49. The molecule has 5 nitrogen and oxygen atoms in total. The van der Waals surface area contributed by atoms with Gasteiger partial charge < -0.3 is 5.32 Å². The first-order chi connectivity index (χ1) is 10.1. The predicted molar refractivity (Wildman–Crippen MR) is 83.4 cm³/mol. The number of nitrogens with zero attached hydrogens (tertiary/aromatic N) is 2.